The summed E-state index contributed by atoms with van der Waals surface area (Å²) in [5.74, 6) is 0. The molecule has 0 radical (unpaired) electrons. The topological polar surface area (TPSA) is 30.7 Å². The zero-order valence-corrected chi connectivity index (χ0v) is 11.5. The van der Waals surface area contributed by atoms with E-state index in [9.17, 15) is 13.2 Å². The SMILES string of the molecule is FC(F)(F)c1c(-c2ccccc2)nnn1Cc1ccccc1. The Morgan fingerprint density at radius 3 is 2.05 bits per heavy atom. The lowest BCUT2D eigenvalue weighted by Crippen LogP contribution is -2.16. The van der Waals surface area contributed by atoms with Crippen LogP contribution in [0.25, 0.3) is 11.3 Å². The van der Waals surface area contributed by atoms with Crippen molar-refractivity contribution in [1.82, 2.24) is 15.0 Å². The van der Waals surface area contributed by atoms with Gasteiger partial charge in [-0.05, 0) is 5.56 Å². The first-order chi connectivity index (χ1) is 10.6. The van der Waals surface area contributed by atoms with Gasteiger partial charge in [-0.1, -0.05) is 65.9 Å². The Morgan fingerprint density at radius 1 is 0.864 bits per heavy atom. The van der Waals surface area contributed by atoms with Crippen molar-refractivity contribution in [2.75, 3.05) is 0 Å². The molecule has 3 rings (SSSR count). The van der Waals surface area contributed by atoms with Crippen LogP contribution in [0.3, 0.4) is 0 Å². The Bertz CT molecular complexity index is 749. The molecule has 0 atom stereocenters. The number of halogens is 3. The lowest BCUT2D eigenvalue weighted by atomic mass is 10.1. The number of hydrogen-bond donors (Lipinski definition) is 0. The smallest absolute Gasteiger partial charge is 0.235 e. The Hall–Kier alpha value is -2.63. The van der Waals surface area contributed by atoms with Crippen molar-refractivity contribution in [1.29, 1.82) is 0 Å². The second-order valence-electron chi connectivity index (χ2n) is 4.79. The molecule has 3 aromatic rings. The van der Waals surface area contributed by atoms with Crippen molar-refractivity contribution in [2.45, 2.75) is 12.7 Å². The van der Waals surface area contributed by atoms with E-state index in [0.29, 0.717) is 5.56 Å². The van der Waals surface area contributed by atoms with Gasteiger partial charge in [-0.25, -0.2) is 4.68 Å². The first-order valence-corrected chi connectivity index (χ1v) is 6.66. The Morgan fingerprint density at radius 2 is 1.45 bits per heavy atom. The molecular formula is C16H12F3N3. The summed E-state index contributed by atoms with van der Waals surface area (Å²) in [6.07, 6.45) is -4.52. The number of hydrogen-bond acceptors (Lipinski definition) is 2. The molecule has 0 aliphatic carbocycles. The molecule has 1 heterocycles. The predicted octanol–water partition coefficient (Wildman–Crippen LogP) is 4.01. The van der Waals surface area contributed by atoms with E-state index in [4.69, 9.17) is 0 Å². The number of aromatic nitrogens is 3. The number of benzene rings is 2. The molecule has 0 bridgehead atoms. The van der Waals surface area contributed by atoms with E-state index >= 15 is 0 Å². The van der Waals surface area contributed by atoms with E-state index in [-0.39, 0.29) is 12.2 Å². The molecule has 0 saturated carbocycles. The molecule has 1 aromatic heterocycles. The van der Waals surface area contributed by atoms with Crippen LogP contribution in [0.15, 0.2) is 60.7 Å². The number of rotatable bonds is 3. The van der Waals surface area contributed by atoms with Gasteiger partial charge in [0.25, 0.3) is 0 Å². The monoisotopic (exact) mass is 303 g/mol. The zero-order chi connectivity index (χ0) is 15.6. The summed E-state index contributed by atoms with van der Waals surface area (Å²) in [5.41, 5.74) is 0.151. The highest BCUT2D eigenvalue weighted by molar-refractivity contribution is 5.61. The Labute approximate surface area is 125 Å². The van der Waals surface area contributed by atoms with Gasteiger partial charge in [0.1, 0.15) is 5.69 Å². The molecule has 0 saturated heterocycles. The molecular weight excluding hydrogens is 291 g/mol. The van der Waals surface area contributed by atoms with Crippen LogP contribution in [0.5, 0.6) is 0 Å². The minimum absolute atomic E-state index is 0.0233. The molecule has 0 aliphatic heterocycles. The van der Waals surface area contributed by atoms with Gasteiger partial charge in [0.05, 0.1) is 6.54 Å². The van der Waals surface area contributed by atoms with Crippen molar-refractivity contribution >= 4 is 0 Å². The summed E-state index contributed by atoms with van der Waals surface area (Å²) in [7, 11) is 0. The van der Waals surface area contributed by atoms with Crippen LogP contribution in [-0.2, 0) is 12.7 Å². The average molecular weight is 303 g/mol. The molecule has 2 aromatic carbocycles. The molecule has 0 amide bonds. The standard InChI is InChI=1S/C16H12F3N3/c17-16(18,19)15-14(13-9-5-2-6-10-13)20-21-22(15)11-12-7-3-1-4-8-12/h1-10H,11H2. The van der Waals surface area contributed by atoms with E-state index in [0.717, 1.165) is 10.2 Å². The summed E-state index contributed by atoms with van der Waals surface area (Å²) >= 11 is 0. The van der Waals surface area contributed by atoms with Crippen molar-refractivity contribution in [3.63, 3.8) is 0 Å². The van der Waals surface area contributed by atoms with Crippen molar-refractivity contribution in [3.05, 3.63) is 71.9 Å². The second-order valence-corrected chi connectivity index (χ2v) is 4.79. The van der Waals surface area contributed by atoms with Crippen LogP contribution in [0.2, 0.25) is 0 Å². The van der Waals surface area contributed by atoms with E-state index in [1.54, 1.807) is 54.6 Å². The van der Waals surface area contributed by atoms with E-state index in [1.165, 1.54) is 0 Å². The van der Waals surface area contributed by atoms with Crippen LogP contribution in [-0.4, -0.2) is 15.0 Å². The highest BCUT2D eigenvalue weighted by Crippen LogP contribution is 2.35. The summed E-state index contributed by atoms with van der Waals surface area (Å²) < 4.78 is 41.2. The van der Waals surface area contributed by atoms with Crippen LogP contribution in [0.4, 0.5) is 13.2 Å². The van der Waals surface area contributed by atoms with Gasteiger partial charge in [0.2, 0.25) is 0 Å². The highest BCUT2D eigenvalue weighted by Gasteiger charge is 2.39. The third kappa shape index (κ3) is 2.86. The molecule has 0 unspecified atom stereocenters. The average Bonchev–Trinajstić information content (AvgIpc) is 2.93. The predicted molar refractivity (Wildman–Crippen MR) is 76.0 cm³/mol. The van der Waals surface area contributed by atoms with Crippen molar-refractivity contribution < 1.29 is 13.2 Å². The van der Waals surface area contributed by atoms with Crippen molar-refractivity contribution in [2.24, 2.45) is 0 Å². The molecule has 6 heteroatoms. The first kappa shape index (κ1) is 14.3. The molecule has 0 fully saturated rings. The Kier molecular flexibility index (Phi) is 3.66. The van der Waals surface area contributed by atoms with E-state index in [1.807, 2.05) is 6.07 Å². The van der Waals surface area contributed by atoms with Gasteiger partial charge in [0, 0.05) is 5.56 Å². The van der Waals surface area contributed by atoms with Gasteiger partial charge in [-0.2, -0.15) is 13.2 Å². The summed E-state index contributed by atoms with van der Waals surface area (Å²) in [6, 6.07) is 17.1. The van der Waals surface area contributed by atoms with Gasteiger partial charge in [-0.3, -0.25) is 0 Å². The zero-order valence-electron chi connectivity index (χ0n) is 11.5. The second kappa shape index (κ2) is 5.63. The maximum absolute atomic E-state index is 13.4. The Balaban J connectivity index is 2.07. The maximum atomic E-state index is 13.4. The maximum Gasteiger partial charge on any atom is 0.435 e. The fourth-order valence-electron chi connectivity index (χ4n) is 2.25. The largest absolute Gasteiger partial charge is 0.435 e. The molecule has 0 N–H and O–H groups in total. The number of nitrogens with zero attached hydrogens (tertiary/aromatic N) is 3. The fourth-order valence-corrected chi connectivity index (χ4v) is 2.25. The molecule has 3 nitrogen and oxygen atoms in total. The van der Waals surface area contributed by atoms with Crippen LogP contribution in [0.1, 0.15) is 11.3 Å². The third-order valence-electron chi connectivity index (χ3n) is 3.23. The summed E-state index contributed by atoms with van der Waals surface area (Å²) in [4.78, 5) is 0. The minimum atomic E-state index is -4.52. The summed E-state index contributed by atoms with van der Waals surface area (Å²) in [6.45, 7) is 0.0233. The quantitative estimate of drug-likeness (QED) is 0.732. The van der Waals surface area contributed by atoms with Crippen LogP contribution < -0.4 is 0 Å². The van der Waals surface area contributed by atoms with Gasteiger partial charge in [-0.15, -0.1) is 5.10 Å². The minimum Gasteiger partial charge on any atom is -0.235 e. The first-order valence-electron chi connectivity index (χ1n) is 6.66. The third-order valence-corrected chi connectivity index (χ3v) is 3.23. The molecule has 22 heavy (non-hydrogen) atoms. The fraction of sp³-hybridized carbons (Fsp3) is 0.125. The lowest BCUT2D eigenvalue weighted by molar-refractivity contribution is -0.143. The van der Waals surface area contributed by atoms with Gasteiger partial charge < -0.3 is 0 Å². The van der Waals surface area contributed by atoms with Crippen LogP contribution in [0, 0.1) is 0 Å². The van der Waals surface area contributed by atoms with Crippen LogP contribution >= 0.6 is 0 Å². The summed E-state index contributed by atoms with van der Waals surface area (Å²) in [5, 5.41) is 7.44. The van der Waals surface area contributed by atoms with Crippen molar-refractivity contribution in [3.8, 4) is 11.3 Å². The normalized spacial score (nSPS) is 11.6. The van der Waals surface area contributed by atoms with Gasteiger partial charge >= 0.3 is 6.18 Å². The number of alkyl halides is 3. The van der Waals surface area contributed by atoms with E-state index in [2.05, 4.69) is 10.3 Å². The van der Waals surface area contributed by atoms with Gasteiger partial charge in [0.15, 0.2) is 5.69 Å². The lowest BCUT2D eigenvalue weighted by Gasteiger charge is -2.11. The molecule has 112 valence electrons. The van der Waals surface area contributed by atoms with E-state index < -0.39 is 11.9 Å². The molecule has 0 spiro atoms. The highest BCUT2D eigenvalue weighted by atomic mass is 19.4. The molecule has 0 aliphatic rings.